The van der Waals surface area contributed by atoms with E-state index in [1.165, 1.54) is 9.58 Å². The second-order valence-electron chi connectivity index (χ2n) is 2.53. The number of thiophene rings is 1. The quantitative estimate of drug-likeness (QED) is 0.630. The molecule has 3 heteroatoms. The second kappa shape index (κ2) is 11.5. The van der Waals surface area contributed by atoms with Crippen molar-refractivity contribution in [1.82, 2.24) is 9.97 Å². The largest absolute Gasteiger partial charge is 0.240 e. The summed E-state index contributed by atoms with van der Waals surface area (Å²) >= 11 is 1.75. The molecule has 0 aliphatic carbocycles. The molecule has 0 aliphatic heterocycles. The van der Waals surface area contributed by atoms with Gasteiger partial charge in [0.1, 0.15) is 6.33 Å². The summed E-state index contributed by atoms with van der Waals surface area (Å²) in [4.78, 5) is 9.58. The summed E-state index contributed by atoms with van der Waals surface area (Å²) in [7, 11) is 0. The minimum atomic E-state index is 1.07. The van der Waals surface area contributed by atoms with E-state index >= 15 is 0 Å². The van der Waals surface area contributed by atoms with Crippen LogP contribution >= 0.6 is 11.3 Å². The maximum absolute atomic E-state index is 4.16. The summed E-state index contributed by atoms with van der Waals surface area (Å²) in [5.41, 5.74) is 2.15. The van der Waals surface area contributed by atoms with Crippen molar-refractivity contribution < 1.29 is 0 Å². The Hall–Kier alpha value is -0.960. The van der Waals surface area contributed by atoms with Crippen molar-refractivity contribution in [1.29, 1.82) is 0 Å². The number of aryl methyl sites for hydroxylation is 2. The summed E-state index contributed by atoms with van der Waals surface area (Å²) in [5.74, 6) is 0. The highest BCUT2D eigenvalue weighted by molar-refractivity contribution is 7.19. The molecule has 0 unspecified atom stereocenters. The van der Waals surface area contributed by atoms with Gasteiger partial charge in [-0.15, -0.1) is 11.3 Å². The fourth-order valence-corrected chi connectivity index (χ4v) is 2.00. The Kier molecular flexibility index (Phi) is 12.5. The number of rotatable bonds is 0. The molecule has 0 aliphatic rings. The number of aromatic nitrogens is 2. The third kappa shape index (κ3) is 5.78. The van der Waals surface area contributed by atoms with Crippen LogP contribution in [0.3, 0.4) is 0 Å². The molecule has 0 spiro atoms. The smallest absolute Gasteiger partial charge is 0.116 e. The molecule has 0 saturated heterocycles. The van der Waals surface area contributed by atoms with Crippen molar-refractivity contribution in [3.63, 3.8) is 0 Å². The van der Waals surface area contributed by atoms with Crippen molar-refractivity contribution in [2.24, 2.45) is 0 Å². The van der Waals surface area contributed by atoms with Gasteiger partial charge in [0, 0.05) is 4.88 Å². The van der Waals surface area contributed by atoms with Crippen molar-refractivity contribution in [2.45, 2.75) is 55.4 Å². The van der Waals surface area contributed by atoms with E-state index in [0.29, 0.717) is 0 Å². The topological polar surface area (TPSA) is 25.8 Å². The minimum absolute atomic E-state index is 1.07. The van der Waals surface area contributed by atoms with Crippen LogP contribution in [-0.4, -0.2) is 9.97 Å². The lowest BCUT2D eigenvalue weighted by molar-refractivity contribution is 1.16. The first-order chi connectivity index (χ1) is 8.27. The van der Waals surface area contributed by atoms with Gasteiger partial charge in [-0.25, -0.2) is 9.97 Å². The van der Waals surface area contributed by atoms with Crippen molar-refractivity contribution in [3.05, 3.63) is 23.0 Å². The van der Waals surface area contributed by atoms with E-state index in [9.17, 15) is 0 Å². The molecule has 0 atom stereocenters. The first-order valence-electron chi connectivity index (χ1n) is 6.45. The summed E-state index contributed by atoms with van der Waals surface area (Å²) in [5, 5.41) is 0. The number of nitrogens with zero attached hydrogens (tertiary/aromatic N) is 2. The Labute approximate surface area is 110 Å². The third-order valence-corrected chi connectivity index (χ3v) is 2.76. The normalized spacial score (nSPS) is 8.00. The number of fused-ring (bicyclic) bond motifs is 1. The highest BCUT2D eigenvalue weighted by Gasteiger charge is 2.01. The second-order valence-corrected chi connectivity index (χ2v) is 3.79. The molecule has 0 saturated carbocycles. The van der Waals surface area contributed by atoms with E-state index in [2.05, 4.69) is 23.0 Å². The van der Waals surface area contributed by atoms with E-state index in [-0.39, 0.29) is 0 Å². The summed E-state index contributed by atoms with van der Waals surface area (Å²) in [6.07, 6.45) is 1.61. The fourth-order valence-electron chi connectivity index (χ4n) is 1.09. The minimum Gasteiger partial charge on any atom is -0.240 e. The van der Waals surface area contributed by atoms with E-state index < -0.39 is 0 Å². The Morgan fingerprint density at radius 2 is 1.41 bits per heavy atom. The maximum atomic E-state index is 4.16. The van der Waals surface area contributed by atoms with E-state index in [0.717, 1.165) is 11.2 Å². The molecule has 0 N–H and O–H groups in total. The predicted octanol–water partition coefficient (Wildman–Crippen LogP) is 5.39. The van der Waals surface area contributed by atoms with Gasteiger partial charge in [0.25, 0.3) is 0 Å². The van der Waals surface area contributed by atoms with Crippen LogP contribution in [0.15, 0.2) is 12.4 Å². The summed E-state index contributed by atoms with van der Waals surface area (Å²) < 4.78 is 1.21. The lowest BCUT2D eigenvalue weighted by atomic mass is 10.4. The molecule has 98 valence electrons. The molecule has 2 aromatic rings. The average molecular weight is 254 g/mol. The Balaban J connectivity index is 0. The van der Waals surface area contributed by atoms with Crippen LogP contribution in [0.1, 0.15) is 52.1 Å². The van der Waals surface area contributed by atoms with Crippen LogP contribution in [0.2, 0.25) is 0 Å². The van der Waals surface area contributed by atoms with Crippen molar-refractivity contribution in [2.75, 3.05) is 0 Å². The van der Waals surface area contributed by atoms with Crippen LogP contribution in [0.25, 0.3) is 10.2 Å². The predicted molar refractivity (Wildman–Crippen MR) is 80.9 cm³/mol. The lowest BCUT2D eigenvalue weighted by Gasteiger charge is -1.89. The Bertz CT molecular complexity index is 394. The van der Waals surface area contributed by atoms with E-state index in [4.69, 9.17) is 0 Å². The number of hydrogen-bond donors (Lipinski definition) is 0. The zero-order valence-corrected chi connectivity index (χ0v) is 13.3. The maximum Gasteiger partial charge on any atom is 0.116 e. The molecule has 0 aromatic carbocycles. The van der Waals surface area contributed by atoms with Crippen LogP contribution in [-0.2, 0) is 0 Å². The molecule has 2 rings (SSSR count). The summed E-state index contributed by atoms with van der Waals surface area (Å²) in [6.45, 7) is 16.1. The van der Waals surface area contributed by atoms with Crippen molar-refractivity contribution >= 4 is 21.6 Å². The molecular formula is C14H26N2S. The molecular weight excluding hydrogens is 228 g/mol. The van der Waals surface area contributed by atoms with Gasteiger partial charge in [0.2, 0.25) is 0 Å². The highest BCUT2D eigenvalue weighted by atomic mass is 32.1. The standard InChI is InChI=1S/C8H8N2S.3C2H6/c1-5-3-7-8(11-5)6(2)9-4-10-7;3*1-2/h3-4H,1-2H3;3*1-2H3. The van der Waals surface area contributed by atoms with Crippen LogP contribution < -0.4 is 0 Å². The molecule has 0 bridgehead atoms. The van der Waals surface area contributed by atoms with Crippen LogP contribution in [0.4, 0.5) is 0 Å². The van der Waals surface area contributed by atoms with E-state index in [1.54, 1.807) is 17.7 Å². The van der Waals surface area contributed by atoms with Gasteiger partial charge < -0.3 is 0 Å². The molecule has 0 amide bonds. The lowest BCUT2D eigenvalue weighted by Crippen LogP contribution is -1.80. The Morgan fingerprint density at radius 3 is 1.88 bits per heavy atom. The SMILES string of the molecule is CC.CC.CC.Cc1cc2ncnc(C)c2s1. The fraction of sp³-hybridized carbons (Fsp3) is 0.571. The van der Waals surface area contributed by atoms with E-state index in [1.807, 2.05) is 48.5 Å². The first kappa shape index (κ1) is 18.4. The first-order valence-corrected chi connectivity index (χ1v) is 7.27. The van der Waals surface area contributed by atoms with Crippen LogP contribution in [0.5, 0.6) is 0 Å². The van der Waals surface area contributed by atoms with Crippen molar-refractivity contribution in [3.8, 4) is 0 Å². The molecule has 2 nitrogen and oxygen atoms in total. The zero-order valence-electron chi connectivity index (χ0n) is 12.5. The molecule has 0 fully saturated rings. The number of hydrogen-bond acceptors (Lipinski definition) is 3. The highest BCUT2D eigenvalue weighted by Crippen LogP contribution is 2.24. The molecule has 2 aromatic heterocycles. The van der Waals surface area contributed by atoms with Gasteiger partial charge in [-0.05, 0) is 19.9 Å². The van der Waals surface area contributed by atoms with Gasteiger partial charge >= 0.3 is 0 Å². The third-order valence-electron chi connectivity index (χ3n) is 1.61. The van der Waals surface area contributed by atoms with Gasteiger partial charge in [0.05, 0.1) is 15.9 Å². The Morgan fingerprint density at radius 1 is 0.882 bits per heavy atom. The average Bonchev–Trinajstić information content (AvgIpc) is 2.79. The van der Waals surface area contributed by atoms with Gasteiger partial charge in [-0.2, -0.15) is 0 Å². The summed E-state index contributed by atoms with van der Waals surface area (Å²) in [6, 6.07) is 2.09. The monoisotopic (exact) mass is 254 g/mol. The molecule has 2 heterocycles. The molecule has 0 radical (unpaired) electrons. The van der Waals surface area contributed by atoms with Crippen LogP contribution in [0, 0.1) is 13.8 Å². The van der Waals surface area contributed by atoms with Gasteiger partial charge in [0.15, 0.2) is 0 Å². The van der Waals surface area contributed by atoms with Gasteiger partial charge in [-0.3, -0.25) is 0 Å². The molecule has 17 heavy (non-hydrogen) atoms. The van der Waals surface area contributed by atoms with Gasteiger partial charge in [-0.1, -0.05) is 41.5 Å². The zero-order chi connectivity index (χ0) is 13.8.